The molecule has 2 fully saturated rings. The molecule has 2 rings (SSSR count). The summed E-state index contributed by atoms with van der Waals surface area (Å²) in [6.07, 6.45) is 2.31. The summed E-state index contributed by atoms with van der Waals surface area (Å²) in [6, 6.07) is 0. The van der Waals surface area contributed by atoms with Crippen LogP contribution < -0.4 is 5.32 Å². The van der Waals surface area contributed by atoms with E-state index in [2.05, 4.69) is 5.32 Å². The second-order valence-corrected chi connectivity index (χ2v) is 5.68. The number of carbonyl (C=O) groups excluding carboxylic acids is 1. The van der Waals surface area contributed by atoms with Crippen LogP contribution in [0.3, 0.4) is 0 Å². The topological polar surface area (TPSA) is 78.9 Å². The summed E-state index contributed by atoms with van der Waals surface area (Å²) in [7, 11) is 0. The maximum atomic E-state index is 12.4. The molecular weight excluding hydrogens is 248 g/mol. The fraction of sp³-hybridized carbons (Fsp3) is 0.846. The zero-order chi connectivity index (χ0) is 13.9. The molecule has 1 amide bonds. The average molecular weight is 270 g/mol. The Bertz CT molecular complexity index is 345. The van der Waals surface area contributed by atoms with Gasteiger partial charge in [0.25, 0.3) is 0 Å². The molecule has 19 heavy (non-hydrogen) atoms. The predicted molar refractivity (Wildman–Crippen MR) is 68.8 cm³/mol. The Morgan fingerprint density at radius 2 is 2.11 bits per heavy atom. The number of aliphatic carboxylic acids is 1. The molecule has 0 aromatic carbocycles. The smallest absolute Gasteiger partial charge is 0.329 e. The number of carboxylic acid groups (broad SMARTS) is 1. The highest BCUT2D eigenvalue weighted by atomic mass is 16.5. The van der Waals surface area contributed by atoms with Crippen molar-refractivity contribution < 1.29 is 19.4 Å². The highest BCUT2D eigenvalue weighted by molar-refractivity contribution is 5.83. The van der Waals surface area contributed by atoms with Crippen LogP contribution in [0.15, 0.2) is 0 Å². The number of nitrogens with one attached hydrogen (secondary N) is 1. The maximum Gasteiger partial charge on any atom is 0.329 e. The van der Waals surface area contributed by atoms with E-state index in [1.54, 1.807) is 0 Å². The predicted octanol–water partition coefficient (Wildman–Crippen LogP) is 0.0782. The first-order chi connectivity index (χ1) is 9.01. The van der Waals surface area contributed by atoms with Gasteiger partial charge in [-0.1, -0.05) is 0 Å². The molecule has 0 aliphatic carbocycles. The van der Waals surface area contributed by atoms with Gasteiger partial charge in [-0.05, 0) is 32.7 Å². The average Bonchev–Trinajstić information content (AvgIpc) is 2.84. The number of likely N-dealkylation sites (tertiary alicyclic amines) is 1. The van der Waals surface area contributed by atoms with E-state index in [9.17, 15) is 9.59 Å². The Hall–Kier alpha value is -1.14. The van der Waals surface area contributed by atoms with Crippen molar-refractivity contribution in [1.82, 2.24) is 10.2 Å². The second kappa shape index (κ2) is 5.88. The van der Waals surface area contributed by atoms with Crippen molar-refractivity contribution in [2.24, 2.45) is 5.41 Å². The first kappa shape index (κ1) is 14.3. The SMILES string of the molecule is CC1(C(=O)N2CCC(OCC(=O)O)CC2)CCNC1. The molecule has 2 aliphatic rings. The molecular formula is C13H22N2O4. The largest absolute Gasteiger partial charge is 0.480 e. The summed E-state index contributed by atoms with van der Waals surface area (Å²) in [6.45, 7) is 4.75. The fourth-order valence-electron chi connectivity index (χ4n) is 2.80. The van der Waals surface area contributed by atoms with Gasteiger partial charge in [0.1, 0.15) is 6.61 Å². The lowest BCUT2D eigenvalue weighted by Gasteiger charge is -2.36. The minimum Gasteiger partial charge on any atom is -0.480 e. The zero-order valence-corrected chi connectivity index (χ0v) is 11.4. The Morgan fingerprint density at radius 3 is 2.63 bits per heavy atom. The lowest BCUT2D eigenvalue weighted by Crippen LogP contribution is -2.48. The molecule has 1 atom stereocenters. The summed E-state index contributed by atoms with van der Waals surface area (Å²) in [5, 5.41) is 11.8. The molecule has 2 aliphatic heterocycles. The van der Waals surface area contributed by atoms with Gasteiger partial charge in [-0.3, -0.25) is 4.79 Å². The molecule has 0 radical (unpaired) electrons. The van der Waals surface area contributed by atoms with Crippen molar-refractivity contribution in [3.05, 3.63) is 0 Å². The Balaban J connectivity index is 1.79. The molecule has 2 saturated heterocycles. The number of piperidine rings is 1. The van der Waals surface area contributed by atoms with E-state index < -0.39 is 5.97 Å². The Labute approximate surface area is 113 Å². The third-order valence-corrected chi connectivity index (χ3v) is 4.06. The van der Waals surface area contributed by atoms with Crippen molar-refractivity contribution >= 4 is 11.9 Å². The monoisotopic (exact) mass is 270 g/mol. The van der Waals surface area contributed by atoms with Gasteiger partial charge in [0.2, 0.25) is 5.91 Å². The number of nitrogens with zero attached hydrogens (tertiary/aromatic N) is 1. The van der Waals surface area contributed by atoms with Gasteiger partial charge in [0, 0.05) is 19.6 Å². The Kier molecular flexibility index (Phi) is 4.42. The number of hydrogen-bond donors (Lipinski definition) is 2. The van der Waals surface area contributed by atoms with Crippen LogP contribution in [-0.2, 0) is 14.3 Å². The van der Waals surface area contributed by atoms with Crippen LogP contribution in [0, 0.1) is 5.41 Å². The summed E-state index contributed by atoms with van der Waals surface area (Å²) in [5.74, 6) is -0.725. The number of hydrogen-bond acceptors (Lipinski definition) is 4. The minimum atomic E-state index is -0.942. The molecule has 108 valence electrons. The molecule has 0 saturated carbocycles. The van der Waals surface area contributed by atoms with Crippen molar-refractivity contribution in [2.75, 3.05) is 32.8 Å². The third kappa shape index (κ3) is 3.45. The van der Waals surface area contributed by atoms with Gasteiger partial charge in [0.15, 0.2) is 0 Å². The molecule has 1 unspecified atom stereocenters. The van der Waals surface area contributed by atoms with E-state index in [0.29, 0.717) is 13.1 Å². The summed E-state index contributed by atoms with van der Waals surface area (Å²) >= 11 is 0. The van der Waals surface area contributed by atoms with E-state index in [1.165, 1.54) is 0 Å². The number of carbonyl (C=O) groups is 2. The summed E-state index contributed by atoms with van der Waals surface area (Å²) in [5.41, 5.74) is -0.269. The highest BCUT2D eigenvalue weighted by Crippen LogP contribution is 2.28. The lowest BCUT2D eigenvalue weighted by molar-refractivity contribution is -0.149. The summed E-state index contributed by atoms with van der Waals surface area (Å²) < 4.78 is 5.27. The standard InChI is InChI=1S/C13H22N2O4/c1-13(4-5-14-9-13)12(18)15-6-2-10(3-7-15)19-8-11(16)17/h10,14H,2-9H2,1H3,(H,16,17). The molecule has 0 aromatic rings. The zero-order valence-electron chi connectivity index (χ0n) is 11.4. The quantitative estimate of drug-likeness (QED) is 0.756. The fourth-order valence-corrected chi connectivity index (χ4v) is 2.80. The first-order valence-corrected chi connectivity index (χ1v) is 6.85. The molecule has 0 bridgehead atoms. The van der Waals surface area contributed by atoms with Crippen molar-refractivity contribution in [3.63, 3.8) is 0 Å². The van der Waals surface area contributed by atoms with Crippen molar-refractivity contribution in [1.29, 1.82) is 0 Å². The second-order valence-electron chi connectivity index (χ2n) is 5.68. The van der Waals surface area contributed by atoms with Crippen molar-refractivity contribution in [3.8, 4) is 0 Å². The maximum absolute atomic E-state index is 12.4. The van der Waals surface area contributed by atoms with Crippen LogP contribution in [0.25, 0.3) is 0 Å². The first-order valence-electron chi connectivity index (χ1n) is 6.85. The van der Waals surface area contributed by atoms with Gasteiger partial charge in [0.05, 0.1) is 11.5 Å². The third-order valence-electron chi connectivity index (χ3n) is 4.06. The van der Waals surface area contributed by atoms with Crippen LogP contribution in [0.5, 0.6) is 0 Å². The number of amides is 1. The normalized spacial score (nSPS) is 28.6. The van der Waals surface area contributed by atoms with Crippen LogP contribution in [0.1, 0.15) is 26.2 Å². The van der Waals surface area contributed by atoms with E-state index in [1.807, 2.05) is 11.8 Å². The van der Waals surface area contributed by atoms with Crippen LogP contribution >= 0.6 is 0 Å². The van der Waals surface area contributed by atoms with Gasteiger partial charge in [-0.25, -0.2) is 4.79 Å². The van der Waals surface area contributed by atoms with E-state index >= 15 is 0 Å². The molecule has 2 heterocycles. The molecule has 6 nitrogen and oxygen atoms in total. The summed E-state index contributed by atoms with van der Waals surface area (Å²) in [4.78, 5) is 24.8. The number of carboxylic acids is 1. The van der Waals surface area contributed by atoms with Crippen LogP contribution in [0.4, 0.5) is 0 Å². The van der Waals surface area contributed by atoms with Gasteiger partial charge in [-0.15, -0.1) is 0 Å². The van der Waals surface area contributed by atoms with Crippen molar-refractivity contribution in [2.45, 2.75) is 32.3 Å². The number of ether oxygens (including phenoxy) is 1. The van der Waals surface area contributed by atoms with Gasteiger partial charge < -0.3 is 20.1 Å². The molecule has 0 spiro atoms. The van der Waals surface area contributed by atoms with Crippen LogP contribution in [-0.4, -0.2) is 60.8 Å². The lowest BCUT2D eigenvalue weighted by atomic mass is 9.87. The van der Waals surface area contributed by atoms with E-state index in [-0.39, 0.29) is 24.0 Å². The molecule has 6 heteroatoms. The van der Waals surface area contributed by atoms with E-state index in [4.69, 9.17) is 9.84 Å². The van der Waals surface area contributed by atoms with Crippen LogP contribution in [0.2, 0.25) is 0 Å². The minimum absolute atomic E-state index is 0.0327. The van der Waals surface area contributed by atoms with Gasteiger partial charge in [-0.2, -0.15) is 0 Å². The van der Waals surface area contributed by atoms with E-state index in [0.717, 1.165) is 32.4 Å². The Morgan fingerprint density at radius 1 is 1.42 bits per heavy atom. The number of rotatable bonds is 4. The highest BCUT2D eigenvalue weighted by Gasteiger charge is 2.40. The molecule has 0 aromatic heterocycles. The molecule has 2 N–H and O–H groups in total. The van der Waals surface area contributed by atoms with Gasteiger partial charge >= 0.3 is 5.97 Å².